The van der Waals surface area contributed by atoms with Crippen LogP contribution in [0.15, 0.2) is 30.3 Å². The van der Waals surface area contributed by atoms with E-state index in [2.05, 4.69) is 39.8 Å². The first kappa shape index (κ1) is 17.4. The van der Waals surface area contributed by atoms with Gasteiger partial charge in [-0.05, 0) is 33.3 Å². The maximum Gasteiger partial charge on any atom is 0.252 e. The number of rotatable bonds is 5. The number of benzene rings is 1. The summed E-state index contributed by atoms with van der Waals surface area (Å²) in [4.78, 5) is 14.6. The molecule has 1 aromatic rings. The number of hydrogen-bond acceptors (Lipinski definition) is 3. The van der Waals surface area contributed by atoms with Crippen molar-refractivity contribution in [2.24, 2.45) is 0 Å². The van der Waals surface area contributed by atoms with Crippen molar-refractivity contribution in [1.82, 2.24) is 4.90 Å². The van der Waals surface area contributed by atoms with Crippen molar-refractivity contribution in [2.75, 3.05) is 0 Å². The van der Waals surface area contributed by atoms with Crippen LogP contribution in [-0.4, -0.2) is 40.7 Å². The highest BCUT2D eigenvalue weighted by Gasteiger charge is 2.45. The molecule has 4 heteroatoms. The molecular formula is C20H29NO3. The Morgan fingerprint density at radius 1 is 1.08 bits per heavy atom. The number of carbonyl (C=O) groups is 1. The van der Waals surface area contributed by atoms with Gasteiger partial charge in [-0.25, -0.2) is 0 Å². The average Bonchev–Trinajstić information content (AvgIpc) is 2.76. The Morgan fingerprint density at radius 3 is 2.33 bits per heavy atom. The number of nitrogens with zero attached hydrogens (tertiary/aromatic N) is 1. The molecule has 3 rings (SSSR count). The number of ether oxygens (including phenoxy) is 2. The van der Waals surface area contributed by atoms with Gasteiger partial charge in [0.2, 0.25) is 0 Å². The van der Waals surface area contributed by atoms with E-state index in [1.165, 1.54) is 5.56 Å². The molecule has 0 bridgehead atoms. The Balaban J connectivity index is 1.42. The smallest absolute Gasteiger partial charge is 0.252 e. The van der Waals surface area contributed by atoms with Crippen LogP contribution in [0.4, 0.5) is 0 Å². The summed E-state index contributed by atoms with van der Waals surface area (Å²) in [5.74, 6) is 0.142. The zero-order chi connectivity index (χ0) is 17.3. The lowest BCUT2D eigenvalue weighted by molar-refractivity contribution is -0.157. The third-order valence-electron chi connectivity index (χ3n) is 4.97. The van der Waals surface area contributed by atoms with Crippen LogP contribution in [0.2, 0.25) is 0 Å². The lowest BCUT2D eigenvalue weighted by Gasteiger charge is -2.37. The Bertz CT molecular complexity index is 560. The standard InChI is InChI=1S/C20H29NO3/c1-14-10-18(19(22)21(14)20(2,3)4)24-17-11-16(12-17)23-13-15-8-6-5-7-9-15/h5-9,14,16-18H,10-13H2,1-4H3. The number of likely N-dealkylation sites (tertiary alicyclic amines) is 1. The minimum atomic E-state index is -0.278. The fraction of sp³-hybridized carbons (Fsp3) is 0.650. The van der Waals surface area contributed by atoms with E-state index in [9.17, 15) is 4.79 Å². The summed E-state index contributed by atoms with van der Waals surface area (Å²) in [6, 6.07) is 10.5. The third-order valence-corrected chi connectivity index (χ3v) is 4.97. The maximum atomic E-state index is 12.6. The van der Waals surface area contributed by atoms with Gasteiger partial charge in [0.25, 0.3) is 5.91 Å². The van der Waals surface area contributed by atoms with Gasteiger partial charge in [-0.1, -0.05) is 30.3 Å². The van der Waals surface area contributed by atoms with E-state index in [-0.39, 0.29) is 35.8 Å². The van der Waals surface area contributed by atoms with Crippen LogP contribution in [0.1, 0.15) is 52.5 Å². The molecule has 2 fully saturated rings. The van der Waals surface area contributed by atoms with Gasteiger partial charge < -0.3 is 14.4 Å². The molecule has 132 valence electrons. The van der Waals surface area contributed by atoms with E-state index in [0.717, 1.165) is 19.3 Å². The number of carbonyl (C=O) groups excluding carboxylic acids is 1. The lowest BCUT2D eigenvalue weighted by atomic mass is 9.91. The van der Waals surface area contributed by atoms with E-state index >= 15 is 0 Å². The van der Waals surface area contributed by atoms with Crippen molar-refractivity contribution < 1.29 is 14.3 Å². The summed E-state index contributed by atoms with van der Waals surface area (Å²) >= 11 is 0. The molecule has 2 atom stereocenters. The Morgan fingerprint density at radius 2 is 1.75 bits per heavy atom. The minimum absolute atomic E-state index is 0.142. The molecular weight excluding hydrogens is 302 g/mol. The molecule has 1 heterocycles. The van der Waals surface area contributed by atoms with E-state index in [0.29, 0.717) is 6.61 Å². The van der Waals surface area contributed by atoms with Gasteiger partial charge >= 0.3 is 0 Å². The van der Waals surface area contributed by atoms with Crippen molar-refractivity contribution in [2.45, 2.75) is 83.5 Å². The molecule has 1 saturated carbocycles. The normalized spacial score (nSPS) is 30.5. The third kappa shape index (κ3) is 3.81. The molecule has 1 saturated heterocycles. The molecule has 0 spiro atoms. The monoisotopic (exact) mass is 331 g/mol. The summed E-state index contributed by atoms with van der Waals surface area (Å²) in [5, 5.41) is 0. The molecule has 0 aromatic heterocycles. The van der Waals surface area contributed by atoms with Gasteiger partial charge in [0.15, 0.2) is 0 Å². The molecule has 1 aliphatic carbocycles. The Hall–Kier alpha value is -1.39. The first-order valence-corrected chi connectivity index (χ1v) is 8.99. The van der Waals surface area contributed by atoms with Gasteiger partial charge in [0.1, 0.15) is 6.10 Å². The topological polar surface area (TPSA) is 38.8 Å². The van der Waals surface area contributed by atoms with Crippen LogP contribution >= 0.6 is 0 Å². The van der Waals surface area contributed by atoms with Gasteiger partial charge in [0.05, 0.1) is 18.8 Å². The predicted molar refractivity (Wildman–Crippen MR) is 93.6 cm³/mol. The highest BCUT2D eigenvalue weighted by molar-refractivity contribution is 5.84. The largest absolute Gasteiger partial charge is 0.373 e. The van der Waals surface area contributed by atoms with Crippen LogP contribution in [0.25, 0.3) is 0 Å². The van der Waals surface area contributed by atoms with E-state index in [4.69, 9.17) is 9.47 Å². The zero-order valence-corrected chi connectivity index (χ0v) is 15.2. The second kappa shape index (κ2) is 6.85. The molecule has 2 aliphatic rings. The van der Waals surface area contributed by atoms with E-state index < -0.39 is 0 Å². The summed E-state index contributed by atoms with van der Waals surface area (Å²) in [7, 11) is 0. The van der Waals surface area contributed by atoms with Crippen molar-refractivity contribution in [3.05, 3.63) is 35.9 Å². The summed E-state index contributed by atoms with van der Waals surface area (Å²) < 4.78 is 12.0. The first-order valence-electron chi connectivity index (χ1n) is 8.99. The quantitative estimate of drug-likeness (QED) is 0.828. The summed E-state index contributed by atoms with van der Waals surface area (Å²) in [5.41, 5.74) is 1.05. The number of amides is 1. The molecule has 2 unspecified atom stereocenters. The van der Waals surface area contributed by atoms with Gasteiger partial charge in [-0.15, -0.1) is 0 Å². The average molecular weight is 331 g/mol. The number of hydrogen-bond donors (Lipinski definition) is 0. The SMILES string of the molecule is CC1CC(OC2CC(OCc3ccccc3)C2)C(=O)N1C(C)(C)C. The highest BCUT2D eigenvalue weighted by Crippen LogP contribution is 2.34. The fourth-order valence-electron chi connectivity index (χ4n) is 3.78. The fourth-order valence-corrected chi connectivity index (χ4v) is 3.78. The minimum Gasteiger partial charge on any atom is -0.373 e. The predicted octanol–water partition coefficient (Wildman–Crippen LogP) is 3.54. The summed E-state index contributed by atoms with van der Waals surface area (Å²) in [6.45, 7) is 9.01. The van der Waals surface area contributed by atoms with Crippen LogP contribution in [0.5, 0.6) is 0 Å². The Labute approximate surface area is 145 Å². The van der Waals surface area contributed by atoms with Crippen molar-refractivity contribution in [1.29, 1.82) is 0 Å². The molecule has 1 aromatic carbocycles. The maximum absolute atomic E-state index is 12.6. The van der Waals surface area contributed by atoms with Gasteiger partial charge in [-0.3, -0.25) is 4.79 Å². The Kier molecular flexibility index (Phi) is 4.97. The van der Waals surface area contributed by atoms with Crippen LogP contribution in [0, 0.1) is 0 Å². The zero-order valence-electron chi connectivity index (χ0n) is 15.2. The van der Waals surface area contributed by atoms with Gasteiger partial charge in [-0.2, -0.15) is 0 Å². The van der Waals surface area contributed by atoms with Crippen LogP contribution in [-0.2, 0) is 20.9 Å². The molecule has 4 nitrogen and oxygen atoms in total. The van der Waals surface area contributed by atoms with Crippen molar-refractivity contribution in [3.63, 3.8) is 0 Å². The molecule has 0 radical (unpaired) electrons. The molecule has 0 N–H and O–H groups in total. The van der Waals surface area contributed by atoms with Crippen molar-refractivity contribution in [3.8, 4) is 0 Å². The molecule has 24 heavy (non-hydrogen) atoms. The summed E-state index contributed by atoms with van der Waals surface area (Å²) in [6.07, 6.45) is 2.71. The van der Waals surface area contributed by atoms with E-state index in [1.54, 1.807) is 0 Å². The van der Waals surface area contributed by atoms with Crippen LogP contribution < -0.4 is 0 Å². The molecule has 1 aliphatic heterocycles. The second-order valence-electron chi connectivity index (χ2n) is 8.10. The van der Waals surface area contributed by atoms with E-state index in [1.807, 2.05) is 23.1 Å². The lowest BCUT2D eigenvalue weighted by Crippen LogP contribution is -2.48. The van der Waals surface area contributed by atoms with Crippen LogP contribution in [0.3, 0.4) is 0 Å². The highest BCUT2D eigenvalue weighted by atomic mass is 16.5. The molecule has 1 amide bonds. The van der Waals surface area contributed by atoms with Gasteiger partial charge in [0, 0.05) is 30.8 Å². The first-order chi connectivity index (χ1) is 11.3. The van der Waals surface area contributed by atoms with Crippen molar-refractivity contribution >= 4 is 5.91 Å². The second-order valence-corrected chi connectivity index (χ2v) is 8.10.